The summed E-state index contributed by atoms with van der Waals surface area (Å²) in [6, 6.07) is 0. The van der Waals surface area contributed by atoms with Crippen LogP contribution < -0.4 is 5.73 Å². The zero-order valence-electron chi connectivity index (χ0n) is 7.28. The van der Waals surface area contributed by atoms with Gasteiger partial charge in [-0.25, -0.2) is 4.68 Å². The van der Waals surface area contributed by atoms with Crippen LogP contribution in [-0.4, -0.2) is 26.5 Å². The second kappa shape index (κ2) is 5.18. The molecule has 0 spiro atoms. The van der Waals surface area contributed by atoms with E-state index >= 15 is 0 Å². The predicted octanol–water partition coefficient (Wildman–Crippen LogP) is 0.785. The number of hydrogen-bond acceptors (Lipinski definition) is 4. The summed E-state index contributed by atoms with van der Waals surface area (Å²) in [6.07, 6.45) is 2.80. The van der Waals surface area contributed by atoms with Gasteiger partial charge in [0, 0.05) is 13.2 Å². The van der Waals surface area contributed by atoms with Crippen LogP contribution in [0.3, 0.4) is 0 Å². The quantitative estimate of drug-likeness (QED) is 0.756. The van der Waals surface area contributed by atoms with E-state index < -0.39 is 0 Å². The lowest BCUT2D eigenvalue weighted by atomic mass is 10.2. The van der Waals surface area contributed by atoms with E-state index in [1.165, 1.54) is 0 Å². The van der Waals surface area contributed by atoms with E-state index in [0.717, 1.165) is 25.8 Å². The number of nitrogens with two attached hydrogens (primary N) is 1. The number of hydrogen-bond donors (Lipinski definition) is 2. The van der Waals surface area contributed by atoms with Crippen molar-refractivity contribution in [1.82, 2.24) is 14.8 Å². The van der Waals surface area contributed by atoms with Gasteiger partial charge in [-0.3, -0.25) is 0 Å². The van der Waals surface area contributed by atoms with Crippen LogP contribution in [-0.2, 0) is 6.54 Å². The molecule has 0 aliphatic rings. The third kappa shape index (κ3) is 3.31. The first kappa shape index (κ1) is 10.5. The molecule has 0 amide bonds. The third-order valence-electron chi connectivity index (χ3n) is 1.67. The highest BCUT2D eigenvalue weighted by atomic mass is 79.9. The van der Waals surface area contributed by atoms with Crippen LogP contribution in [0.25, 0.3) is 0 Å². The van der Waals surface area contributed by atoms with E-state index in [1.807, 2.05) is 0 Å². The molecule has 0 radical (unpaired) electrons. The Labute approximate surface area is 85.1 Å². The summed E-state index contributed by atoms with van der Waals surface area (Å²) in [6.45, 7) is 1.03. The SMILES string of the molecule is Nc1nc(Br)n(CCCCCO)n1. The monoisotopic (exact) mass is 248 g/mol. The predicted molar refractivity (Wildman–Crippen MR) is 53.1 cm³/mol. The van der Waals surface area contributed by atoms with Gasteiger partial charge < -0.3 is 10.8 Å². The van der Waals surface area contributed by atoms with E-state index in [4.69, 9.17) is 10.8 Å². The van der Waals surface area contributed by atoms with Crippen molar-refractivity contribution in [2.24, 2.45) is 0 Å². The molecule has 0 aliphatic carbocycles. The van der Waals surface area contributed by atoms with Gasteiger partial charge in [0.1, 0.15) is 0 Å². The summed E-state index contributed by atoms with van der Waals surface area (Å²) in [5.41, 5.74) is 5.40. The molecular weight excluding hydrogens is 236 g/mol. The topological polar surface area (TPSA) is 77.0 Å². The maximum absolute atomic E-state index is 8.56. The van der Waals surface area contributed by atoms with E-state index in [1.54, 1.807) is 4.68 Å². The Hall–Kier alpha value is -0.620. The smallest absolute Gasteiger partial charge is 0.240 e. The Balaban J connectivity index is 2.32. The third-order valence-corrected chi connectivity index (χ3v) is 2.26. The summed E-state index contributed by atoms with van der Waals surface area (Å²) in [7, 11) is 0. The molecule has 0 saturated carbocycles. The van der Waals surface area contributed by atoms with Gasteiger partial charge in [-0.05, 0) is 35.2 Å². The Kier molecular flexibility index (Phi) is 4.17. The number of nitrogen functional groups attached to an aromatic ring is 1. The van der Waals surface area contributed by atoms with Crippen molar-refractivity contribution in [2.75, 3.05) is 12.3 Å². The minimum Gasteiger partial charge on any atom is -0.396 e. The van der Waals surface area contributed by atoms with Crippen molar-refractivity contribution in [3.05, 3.63) is 4.73 Å². The van der Waals surface area contributed by atoms with Crippen molar-refractivity contribution < 1.29 is 5.11 Å². The number of aromatic nitrogens is 3. The molecular formula is C7H13BrN4O. The largest absolute Gasteiger partial charge is 0.396 e. The van der Waals surface area contributed by atoms with Crippen LogP contribution in [0.15, 0.2) is 4.73 Å². The minimum atomic E-state index is 0.251. The molecule has 0 aliphatic heterocycles. The molecule has 0 fully saturated rings. The molecule has 0 saturated heterocycles. The zero-order valence-corrected chi connectivity index (χ0v) is 8.87. The molecule has 1 heterocycles. The fourth-order valence-corrected chi connectivity index (χ4v) is 1.47. The lowest BCUT2D eigenvalue weighted by Crippen LogP contribution is -2.01. The van der Waals surface area contributed by atoms with E-state index in [0.29, 0.717) is 4.73 Å². The number of aryl methyl sites for hydroxylation is 1. The molecule has 0 aromatic carbocycles. The number of halogens is 1. The van der Waals surface area contributed by atoms with Gasteiger partial charge in [0.05, 0.1) is 0 Å². The van der Waals surface area contributed by atoms with Crippen LogP contribution in [0.4, 0.5) is 5.95 Å². The normalized spacial score (nSPS) is 10.6. The summed E-state index contributed by atoms with van der Waals surface area (Å²) in [4.78, 5) is 3.91. The molecule has 0 atom stereocenters. The van der Waals surface area contributed by atoms with Crippen LogP contribution in [0.5, 0.6) is 0 Å². The first-order chi connectivity index (χ1) is 6.24. The second-order valence-corrected chi connectivity index (χ2v) is 3.46. The van der Waals surface area contributed by atoms with Gasteiger partial charge >= 0.3 is 0 Å². The van der Waals surface area contributed by atoms with Crippen LogP contribution in [0.1, 0.15) is 19.3 Å². The molecule has 6 heteroatoms. The number of anilines is 1. The molecule has 13 heavy (non-hydrogen) atoms. The number of aliphatic hydroxyl groups is 1. The van der Waals surface area contributed by atoms with Gasteiger partial charge in [0.15, 0.2) is 4.73 Å². The Morgan fingerprint density at radius 1 is 1.38 bits per heavy atom. The van der Waals surface area contributed by atoms with Gasteiger partial charge in [-0.15, -0.1) is 5.10 Å². The van der Waals surface area contributed by atoms with Crippen molar-refractivity contribution in [2.45, 2.75) is 25.8 Å². The average molecular weight is 249 g/mol. The van der Waals surface area contributed by atoms with E-state index in [-0.39, 0.29) is 12.6 Å². The van der Waals surface area contributed by atoms with Crippen molar-refractivity contribution in [1.29, 1.82) is 0 Å². The standard InChI is InChI=1S/C7H13BrN4O/c8-6-10-7(9)11-12(6)4-2-1-3-5-13/h13H,1-5H2,(H2,9,11). The molecule has 3 N–H and O–H groups in total. The molecule has 0 bridgehead atoms. The highest BCUT2D eigenvalue weighted by molar-refractivity contribution is 9.10. The van der Waals surface area contributed by atoms with Crippen LogP contribution >= 0.6 is 15.9 Å². The molecule has 5 nitrogen and oxygen atoms in total. The van der Waals surface area contributed by atoms with Crippen molar-refractivity contribution in [3.8, 4) is 0 Å². The highest BCUT2D eigenvalue weighted by Crippen LogP contribution is 2.09. The fraction of sp³-hybridized carbons (Fsp3) is 0.714. The van der Waals surface area contributed by atoms with Gasteiger partial charge in [0.25, 0.3) is 0 Å². The van der Waals surface area contributed by atoms with Crippen molar-refractivity contribution in [3.63, 3.8) is 0 Å². The minimum absolute atomic E-state index is 0.251. The van der Waals surface area contributed by atoms with Gasteiger partial charge in [-0.1, -0.05) is 0 Å². The summed E-state index contributed by atoms with van der Waals surface area (Å²) < 4.78 is 2.38. The molecule has 1 rings (SSSR count). The first-order valence-corrected chi connectivity index (χ1v) is 5.00. The second-order valence-electron chi connectivity index (χ2n) is 2.75. The van der Waals surface area contributed by atoms with Gasteiger partial charge in [0.2, 0.25) is 5.95 Å². The first-order valence-electron chi connectivity index (χ1n) is 4.20. The summed E-state index contributed by atoms with van der Waals surface area (Å²) in [5, 5.41) is 12.5. The zero-order chi connectivity index (χ0) is 9.68. The number of aliphatic hydroxyl groups excluding tert-OH is 1. The lowest BCUT2D eigenvalue weighted by molar-refractivity contribution is 0.281. The van der Waals surface area contributed by atoms with Gasteiger partial charge in [-0.2, -0.15) is 4.98 Å². The number of rotatable bonds is 5. The number of nitrogens with zero attached hydrogens (tertiary/aromatic N) is 3. The maximum Gasteiger partial charge on any atom is 0.240 e. The molecule has 0 unspecified atom stereocenters. The summed E-state index contributed by atoms with van der Waals surface area (Å²) in [5.74, 6) is 0.286. The van der Waals surface area contributed by atoms with E-state index in [9.17, 15) is 0 Å². The average Bonchev–Trinajstić information content (AvgIpc) is 2.39. The van der Waals surface area contributed by atoms with Crippen molar-refractivity contribution >= 4 is 21.9 Å². The Morgan fingerprint density at radius 2 is 2.15 bits per heavy atom. The molecule has 1 aromatic rings. The van der Waals surface area contributed by atoms with E-state index in [2.05, 4.69) is 26.0 Å². The van der Waals surface area contributed by atoms with Crippen LogP contribution in [0, 0.1) is 0 Å². The molecule has 74 valence electrons. The number of unbranched alkanes of at least 4 members (excludes halogenated alkanes) is 2. The summed E-state index contributed by atoms with van der Waals surface area (Å²) >= 11 is 3.25. The Morgan fingerprint density at radius 3 is 2.69 bits per heavy atom. The maximum atomic E-state index is 8.56. The molecule has 1 aromatic heterocycles. The highest BCUT2D eigenvalue weighted by Gasteiger charge is 2.02. The lowest BCUT2D eigenvalue weighted by Gasteiger charge is -2.00. The van der Waals surface area contributed by atoms with Crippen LogP contribution in [0.2, 0.25) is 0 Å². The Bertz CT molecular complexity index is 263. The fourth-order valence-electron chi connectivity index (χ4n) is 1.03.